The lowest BCUT2D eigenvalue weighted by Gasteiger charge is -2.31. The van der Waals surface area contributed by atoms with Crippen molar-refractivity contribution in [2.24, 2.45) is 10.9 Å². The highest BCUT2D eigenvalue weighted by Crippen LogP contribution is 2.42. The average molecular weight is 500 g/mol. The lowest BCUT2D eigenvalue weighted by Crippen LogP contribution is -2.35. The third-order valence-corrected chi connectivity index (χ3v) is 5.60. The molecule has 11 heteroatoms. The first-order valence-electron chi connectivity index (χ1n) is 10.2. The van der Waals surface area contributed by atoms with Crippen LogP contribution in [0, 0.1) is 17.6 Å². The monoisotopic (exact) mass is 499 g/mol. The zero-order valence-corrected chi connectivity index (χ0v) is 20.3. The van der Waals surface area contributed by atoms with E-state index in [4.69, 9.17) is 9.73 Å². The van der Waals surface area contributed by atoms with Gasteiger partial charge in [-0.15, -0.1) is 11.3 Å². The number of hydrogen-bond donors (Lipinski definition) is 0. The van der Waals surface area contributed by atoms with Crippen molar-refractivity contribution in [2.75, 3.05) is 25.7 Å². The van der Waals surface area contributed by atoms with Crippen molar-refractivity contribution in [2.45, 2.75) is 26.3 Å². The normalized spacial score (nSPS) is 20.1. The molecule has 33 heavy (non-hydrogen) atoms. The number of sulfone groups is 1. The minimum atomic E-state index is -2.67. The zero-order valence-electron chi connectivity index (χ0n) is 18.7. The molecule has 0 amide bonds. The van der Waals surface area contributed by atoms with Gasteiger partial charge in [-0.3, -0.25) is 4.99 Å². The Labute approximate surface area is 197 Å². The molecule has 7 nitrogen and oxygen atoms in total. The summed E-state index contributed by atoms with van der Waals surface area (Å²) < 4.78 is 52.6. The van der Waals surface area contributed by atoms with Gasteiger partial charge in [0.25, 0.3) is 0 Å². The lowest BCUT2D eigenvalue weighted by molar-refractivity contribution is -0.139. The van der Waals surface area contributed by atoms with Crippen LogP contribution in [0.1, 0.15) is 38.3 Å². The van der Waals surface area contributed by atoms with Gasteiger partial charge in [0.2, 0.25) is 0 Å². The number of fused-ring (bicyclic) bond motifs is 1. The predicted molar refractivity (Wildman–Crippen MR) is 125 cm³/mol. The van der Waals surface area contributed by atoms with Gasteiger partial charge in [0.1, 0.15) is 27.5 Å². The summed E-state index contributed by atoms with van der Waals surface area (Å²) in [5.74, 6) is -1.04. The predicted octanol–water partition coefficient (Wildman–Crippen LogP) is 3.99. The number of hydrogen-bond acceptors (Lipinski definition) is 8. The highest BCUT2D eigenvalue weighted by molar-refractivity contribution is 7.89. The van der Waals surface area contributed by atoms with Gasteiger partial charge < -0.3 is 9.64 Å². The number of ether oxygens (including phenoxy) is 1. The maximum atomic E-state index is 14.6. The number of thiazole rings is 1. The molecule has 1 aromatic heterocycles. The molecule has 1 aromatic carbocycles. The van der Waals surface area contributed by atoms with Gasteiger partial charge >= 0.3 is 5.97 Å². The van der Waals surface area contributed by atoms with Crippen molar-refractivity contribution in [3.8, 4) is 0 Å². The molecule has 0 unspecified atom stereocenters. The Hall–Kier alpha value is -2.66. The molecule has 0 bridgehead atoms. The highest BCUT2D eigenvalue weighted by Gasteiger charge is 2.41. The van der Waals surface area contributed by atoms with Gasteiger partial charge in [-0.25, -0.2) is 27.0 Å². The van der Waals surface area contributed by atoms with Crippen molar-refractivity contribution < 1.29 is 28.2 Å². The van der Waals surface area contributed by atoms with Gasteiger partial charge in [-0.2, -0.15) is 0 Å². The van der Waals surface area contributed by atoms with E-state index in [1.54, 1.807) is 13.1 Å². The van der Waals surface area contributed by atoms with Gasteiger partial charge in [0.15, 0.2) is 10.8 Å². The average Bonchev–Trinajstić information content (AvgIpc) is 3.35. The number of halogens is 2. The molecule has 2 atom stereocenters. The van der Waals surface area contributed by atoms with E-state index in [-0.39, 0.29) is 13.6 Å². The Morgan fingerprint density at radius 3 is 2.61 bits per heavy atom. The largest absolute Gasteiger partial charge is 0.463 e. The number of allylic oxidation sites excluding steroid dienone is 1. The number of carbonyl (C=O) groups excluding carboxylic acids is 1. The number of carbonyl (C=O) groups is 1. The minimum Gasteiger partial charge on any atom is -0.463 e. The zero-order chi connectivity index (χ0) is 24.3. The first-order valence-corrected chi connectivity index (χ1v) is 13.4. The summed E-state index contributed by atoms with van der Waals surface area (Å²) in [6.45, 7) is 4.70. The van der Waals surface area contributed by atoms with E-state index in [2.05, 4.69) is 11.9 Å². The second-order valence-electron chi connectivity index (χ2n) is 8.00. The molecule has 4 rings (SSSR count). The van der Waals surface area contributed by atoms with E-state index in [9.17, 15) is 22.0 Å². The third kappa shape index (κ3) is 6.02. The molecule has 2 aliphatic rings. The molecule has 1 fully saturated rings. The maximum Gasteiger partial charge on any atom is 0.338 e. The fourth-order valence-electron chi connectivity index (χ4n) is 3.70. The summed E-state index contributed by atoms with van der Waals surface area (Å²) in [7, 11) is -2.67. The number of aliphatic imine (C=N–C) groups is 1. The Morgan fingerprint density at radius 1 is 1.33 bits per heavy atom. The van der Waals surface area contributed by atoms with Crippen LogP contribution in [-0.2, 0) is 19.4 Å². The van der Waals surface area contributed by atoms with Crippen LogP contribution in [0.4, 0.5) is 8.78 Å². The Balaban J connectivity index is 0.000000619. The lowest BCUT2D eigenvalue weighted by atomic mass is 9.93. The number of rotatable bonds is 4. The fourth-order valence-corrected chi connectivity index (χ4v) is 4.34. The van der Waals surface area contributed by atoms with Crippen molar-refractivity contribution in [1.82, 2.24) is 9.88 Å². The summed E-state index contributed by atoms with van der Waals surface area (Å²) in [4.78, 5) is 23.9. The molecule has 3 heterocycles. The van der Waals surface area contributed by atoms with Crippen molar-refractivity contribution in [1.29, 1.82) is 0 Å². The van der Waals surface area contributed by atoms with Crippen LogP contribution >= 0.6 is 11.3 Å². The first-order chi connectivity index (χ1) is 15.5. The van der Waals surface area contributed by atoms with Crippen LogP contribution in [0.15, 0.2) is 46.0 Å². The summed E-state index contributed by atoms with van der Waals surface area (Å²) in [6, 6.07) is 2.42. The van der Waals surface area contributed by atoms with Crippen LogP contribution in [-0.4, -0.2) is 55.8 Å². The number of benzene rings is 1. The molecule has 2 aromatic rings. The molecular weight excluding hydrogens is 472 g/mol. The number of amidine groups is 1. The number of aromatic nitrogens is 1. The topological polar surface area (TPSA) is 88.9 Å². The van der Waals surface area contributed by atoms with E-state index >= 15 is 0 Å². The van der Waals surface area contributed by atoms with Crippen LogP contribution in [0.5, 0.6) is 0 Å². The third-order valence-electron chi connectivity index (χ3n) is 4.83. The maximum absolute atomic E-state index is 14.6. The van der Waals surface area contributed by atoms with Crippen LogP contribution in [0.3, 0.4) is 0 Å². The molecule has 180 valence electrons. The van der Waals surface area contributed by atoms with E-state index < -0.39 is 33.5 Å². The van der Waals surface area contributed by atoms with Crippen LogP contribution in [0.2, 0.25) is 0 Å². The molecule has 0 aliphatic carbocycles. The van der Waals surface area contributed by atoms with E-state index in [1.165, 1.54) is 23.5 Å². The minimum absolute atomic E-state index is 0. The van der Waals surface area contributed by atoms with E-state index in [0.717, 1.165) is 24.3 Å². The molecule has 0 radical (unpaired) electrons. The summed E-state index contributed by atoms with van der Waals surface area (Å²) in [5, 5.41) is 2.54. The second-order valence-corrected chi connectivity index (χ2v) is 11.2. The first kappa shape index (κ1) is 25.0. The van der Waals surface area contributed by atoms with Crippen molar-refractivity contribution in [3.05, 3.63) is 63.3 Å². The summed E-state index contributed by atoms with van der Waals surface area (Å²) >= 11 is 1.43. The van der Waals surface area contributed by atoms with Crippen LogP contribution in [0.25, 0.3) is 0 Å². The smallest absolute Gasteiger partial charge is 0.338 e. The van der Waals surface area contributed by atoms with E-state index in [0.29, 0.717) is 35.3 Å². The summed E-state index contributed by atoms with van der Waals surface area (Å²) in [6.07, 6.45) is 4.65. The highest BCUT2D eigenvalue weighted by atomic mass is 32.2. The van der Waals surface area contributed by atoms with Crippen LogP contribution < -0.4 is 0 Å². The molecule has 0 saturated carbocycles. The molecule has 2 aliphatic heterocycles. The Morgan fingerprint density at radius 2 is 2.03 bits per heavy atom. The van der Waals surface area contributed by atoms with Gasteiger partial charge in [0.05, 0.1) is 12.2 Å². The van der Waals surface area contributed by atoms with Gasteiger partial charge in [-0.05, 0) is 25.3 Å². The fraction of sp³-hybridized carbons (Fsp3) is 0.409. The van der Waals surface area contributed by atoms with Crippen molar-refractivity contribution >= 4 is 33.0 Å². The Kier molecular flexibility index (Phi) is 7.63. The van der Waals surface area contributed by atoms with Gasteiger partial charge in [-0.1, -0.05) is 13.0 Å². The number of esters is 1. The van der Waals surface area contributed by atoms with Crippen molar-refractivity contribution in [3.63, 3.8) is 0 Å². The molecular formula is C22H27F2N3O4S2. The van der Waals surface area contributed by atoms with E-state index in [1.807, 2.05) is 10.3 Å². The molecule has 1 saturated heterocycles. The number of nitrogens with zero attached hydrogens (tertiary/aromatic N) is 3. The second kappa shape index (κ2) is 10.1. The Bertz CT molecular complexity index is 1190. The molecule has 0 N–H and O–H groups in total. The SMILES string of the molecule is CCOC(=O)C1=C2C[C@H](C)CN2C(c2nccs2)=N[C@H]1c1ccc(F)cc1F.CS(C)(=O)=O.[HH]. The molecule has 0 spiro atoms. The standard InChI is InChI=1S/C20H19F2N3O2S.C2H6O2S.H2/c1-3-27-20(26)16-15-8-11(2)10-25(15)18(19-23-6-7-28-19)24-17(16)13-5-4-12(21)9-14(13)22;1-5(2,3)4;/h4-7,9,11,17H,3,8,10H2,1-2H3;1-2H3;1H/t11-,17-;;/m0../s1. The van der Waals surface area contributed by atoms with Gasteiger partial charge in [0, 0.05) is 49.4 Å². The summed E-state index contributed by atoms with van der Waals surface area (Å²) in [5.41, 5.74) is 1.24. The quantitative estimate of drug-likeness (QED) is 0.591.